The van der Waals surface area contributed by atoms with Gasteiger partial charge in [0.15, 0.2) is 0 Å². The highest BCUT2D eigenvalue weighted by Gasteiger charge is 2.13. The Morgan fingerprint density at radius 1 is 1.25 bits per heavy atom. The third-order valence-electron chi connectivity index (χ3n) is 2.82. The van der Waals surface area contributed by atoms with E-state index in [0.29, 0.717) is 5.95 Å². The molecule has 1 N–H and O–H groups in total. The third kappa shape index (κ3) is 3.66. The maximum absolute atomic E-state index is 4.56. The Hall–Kier alpha value is -1.69. The van der Waals surface area contributed by atoms with Gasteiger partial charge in [-0.15, -0.1) is 0 Å². The average molecular weight is 336 g/mol. The van der Waals surface area contributed by atoms with Gasteiger partial charge in [0.05, 0.1) is 16.7 Å². The normalized spacial score (nSPS) is 10.3. The van der Waals surface area contributed by atoms with Crippen LogP contribution in [-0.4, -0.2) is 28.0 Å². The molecule has 2 aromatic rings. The summed E-state index contributed by atoms with van der Waals surface area (Å²) in [4.78, 5) is 15.3. The fourth-order valence-electron chi connectivity index (χ4n) is 1.85. The van der Waals surface area contributed by atoms with Gasteiger partial charge in [-0.25, -0.2) is 4.98 Å². The number of aromatic nitrogens is 3. The molecule has 0 aliphatic heterocycles. The van der Waals surface area contributed by atoms with Crippen molar-refractivity contribution in [2.24, 2.45) is 0 Å². The van der Waals surface area contributed by atoms with Gasteiger partial charge in [0.1, 0.15) is 5.82 Å². The van der Waals surface area contributed by atoms with Crippen molar-refractivity contribution in [2.45, 2.75) is 20.4 Å². The van der Waals surface area contributed by atoms with Gasteiger partial charge in [-0.3, -0.25) is 4.98 Å². The van der Waals surface area contributed by atoms with Crippen molar-refractivity contribution < 1.29 is 0 Å². The van der Waals surface area contributed by atoms with E-state index in [-0.39, 0.29) is 0 Å². The molecule has 0 unspecified atom stereocenters. The van der Waals surface area contributed by atoms with Crippen LogP contribution in [0.25, 0.3) is 0 Å². The largest absolute Gasteiger partial charge is 0.354 e. The molecule has 5 nitrogen and oxygen atoms in total. The van der Waals surface area contributed by atoms with Crippen molar-refractivity contribution in [1.29, 1.82) is 0 Å². The number of halogens is 1. The third-order valence-corrected chi connectivity index (χ3v) is 3.38. The number of anilines is 2. The molecule has 0 saturated heterocycles. The summed E-state index contributed by atoms with van der Waals surface area (Å²) in [5.41, 5.74) is 1.02. The van der Waals surface area contributed by atoms with Crippen LogP contribution in [0.2, 0.25) is 0 Å². The predicted molar refractivity (Wildman–Crippen MR) is 84.9 cm³/mol. The topological polar surface area (TPSA) is 53.9 Å². The number of nitrogens with one attached hydrogen (secondary N) is 1. The van der Waals surface area contributed by atoms with E-state index in [2.05, 4.69) is 48.0 Å². The average Bonchev–Trinajstić information content (AvgIpc) is 2.48. The van der Waals surface area contributed by atoms with Crippen LogP contribution in [0.15, 0.2) is 35.1 Å². The van der Waals surface area contributed by atoms with E-state index < -0.39 is 0 Å². The van der Waals surface area contributed by atoms with Gasteiger partial charge < -0.3 is 10.2 Å². The van der Waals surface area contributed by atoms with Crippen LogP contribution < -0.4 is 10.2 Å². The van der Waals surface area contributed by atoms with E-state index in [0.717, 1.165) is 35.6 Å². The maximum Gasteiger partial charge on any atom is 0.224 e. The first kappa shape index (κ1) is 14.7. The summed E-state index contributed by atoms with van der Waals surface area (Å²) < 4.78 is 0.886. The molecule has 2 heterocycles. The molecule has 2 aromatic heterocycles. The monoisotopic (exact) mass is 335 g/mol. The van der Waals surface area contributed by atoms with Crippen LogP contribution in [0.4, 0.5) is 11.8 Å². The molecule has 0 aliphatic carbocycles. The second kappa shape index (κ2) is 7.19. The molecule has 0 aliphatic rings. The van der Waals surface area contributed by atoms with Crippen LogP contribution in [0, 0.1) is 0 Å². The summed E-state index contributed by atoms with van der Waals surface area (Å²) in [7, 11) is 0. The minimum Gasteiger partial charge on any atom is -0.354 e. The minimum atomic E-state index is 0.644. The first-order chi connectivity index (χ1) is 9.74. The first-order valence-corrected chi connectivity index (χ1v) is 7.45. The Morgan fingerprint density at radius 3 is 2.75 bits per heavy atom. The Balaban J connectivity index is 2.24. The molecule has 0 aromatic carbocycles. The van der Waals surface area contributed by atoms with E-state index in [9.17, 15) is 0 Å². The molecule has 0 bridgehead atoms. The van der Waals surface area contributed by atoms with Gasteiger partial charge in [-0.1, -0.05) is 6.07 Å². The SMILES string of the molecule is CCNc1ncc(Br)c(N(CC)Cc2ccccn2)n1. The number of pyridine rings is 1. The zero-order valence-electron chi connectivity index (χ0n) is 11.7. The Kier molecular flexibility index (Phi) is 5.29. The van der Waals surface area contributed by atoms with Gasteiger partial charge in [-0.2, -0.15) is 4.98 Å². The zero-order chi connectivity index (χ0) is 14.4. The molecular formula is C14H18BrN5. The van der Waals surface area contributed by atoms with E-state index in [4.69, 9.17) is 0 Å². The van der Waals surface area contributed by atoms with Crippen LogP contribution in [0.5, 0.6) is 0 Å². The zero-order valence-corrected chi connectivity index (χ0v) is 13.3. The molecule has 2 rings (SSSR count). The van der Waals surface area contributed by atoms with E-state index in [1.165, 1.54) is 0 Å². The van der Waals surface area contributed by atoms with Gasteiger partial charge in [0.2, 0.25) is 5.95 Å². The van der Waals surface area contributed by atoms with Crippen molar-refractivity contribution in [2.75, 3.05) is 23.3 Å². The smallest absolute Gasteiger partial charge is 0.224 e. The highest BCUT2D eigenvalue weighted by atomic mass is 79.9. The van der Waals surface area contributed by atoms with Gasteiger partial charge in [0.25, 0.3) is 0 Å². The Bertz CT molecular complexity index is 547. The molecule has 0 saturated carbocycles. The molecule has 0 fully saturated rings. The van der Waals surface area contributed by atoms with Crippen LogP contribution >= 0.6 is 15.9 Å². The lowest BCUT2D eigenvalue weighted by Crippen LogP contribution is -2.24. The maximum atomic E-state index is 4.56. The quantitative estimate of drug-likeness (QED) is 0.879. The molecule has 20 heavy (non-hydrogen) atoms. The number of hydrogen-bond donors (Lipinski definition) is 1. The summed E-state index contributed by atoms with van der Waals surface area (Å²) in [6.07, 6.45) is 3.59. The highest BCUT2D eigenvalue weighted by molar-refractivity contribution is 9.10. The van der Waals surface area contributed by atoms with E-state index in [1.807, 2.05) is 31.3 Å². The number of hydrogen-bond acceptors (Lipinski definition) is 5. The Labute approximate surface area is 127 Å². The van der Waals surface area contributed by atoms with E-state index >= 15 is 0 Å². The minimum absolute atomic E-state index is 0.644. The van der Waals surface area contributed by atoms with Crippen molar-refractivity contribution in [3.8, 4) is 0 Å². The van der Waals surface area contributed by atoms with Crippen molar-refractivity contribution >= 4 is 27.7 Å². The summed E-state index contributed by atoms with van der Waals surface area (Å²) in [6, 6.07) is 5.93. The predicted octanol–water partition coefficient (Wildman–Crippen LogP) is 3.09. The van der Waals surface area contributed by atoms with Crippen molar-refractivity contribution in [3.05, 3.63) is 40.8 Å². The number of rotatable bonds is 6. The molecular weight excluding hydrogens is 318 g/mol. The molecule has 6 heteroatoms. The molecule has 0 amide bonds. The Morgan fingerprint density at radius 2 is 2.10 bits per heavy atom. The first-order valence-electron chi connectivity index (χ1n) is 6.65. The second-order valence-corrected chi connectivity index (χ2v) is 5.09. The van der Waals surface area contributed by atoms with Gasteiger partial charge in [-0.05, 0) is 41.9 Å². The fraction of sp³-hybridized carbons (Fsp3) is 0.357. The summed E-state index contributed by atoms with van der Waals surface area (Å²) >= 11 is 3.52. The fourth-order valence-corrected chi connectivity index (χ4v) is 2.29. The second-order valence-electron chi connectivity index (χ2n) is 4.23. The lowest BCUT2D eigenvalue weighted by atomic mass is 10.3. The van der Waals surface area contributed by atoms with Crippen molar-refractivity contribution in [3.63, 3.8) is 0 Å². The van der Waals surface area contributed by atoms with Gasteiger partial charge >= 0.3 is 0 Å². The number of nitrogens with zero attached hydrogens (tertiary/aromatic N) is 4. The lowest BCUT2D eigenvalue weighted by Gasteiger charge is -2.23. The lowest BCUT2D eigenvalue weighted by molar-refractivity contribution is 0.788. The van der Waals surface area contributed by atoms with Crippen molar-refractivity contribution in [1.82, 2.24) is 15.0 Å². The van der Waals surface area contributed by atoms with Crippen LogP contribution in [0.3, 0.4) is 0 Å². The van der Waals surface area contributed by atoms with Crippen LogP contribution in [-0.2, 0) is 6.54 Å². The molecule has 0 spiro atoms. The standard InChI is InChI=1S/C14H18BrN5/c1-3-16-14-18-9-12(15)13(19-14)20(4-2)10-11-7-5-6-8-17-11/h5-9H,3-4,10H2,1-2H3,(H,16,18,19). The summed E-state index contributed by atoms with van der Waals surface area (Å²) in [5, 5.41) is 3.13. The van der Waals surface area contributed by atoms with Gasteiger partial charge in [0, 0.05) is 25.5 Å². The molecule has 106 valence electrons. The molecule has 0 radical (unpaired) electrons. The molecule has 0 atom stereocenters. The summed E-state index contributed by atoms with van der Waals surface area (Å²) in [5.74, 6) is 1.52. The highest BCUT2D eigenvalue weighted by Crippen LogP contribution is 2.25. The van der Waals surface area contributed by atoms with Crippen LogP contribution in [0.1, 0.15) is 19.5 Å². The van der Waals surface area contributed by atoms with E-state index in [1.54, 1.807) is 6.20 Å². The summed E-state index contributed by atoms with van der Waals surface area (Å²) in [6.45, 7) is 6.49.